The molecule has 1 amide bonds. The van der Waals surface area contributed by atoms with Crippen molar-refractivity contribution in [3.63, 3.8) is 0 Å². The third-order valence-corrected chi connectivity index (χ3v) is 4.14. The summed E-state index contributed by atoms with van der Waals surface area (Å²) >= 11 is 0. The van der Waals surface area contributed by atoms with E-state index in [1.807, 2.05) is 0 Å². The average Bonchev–Trinajstić information content (AvgIpc) is 2.75. The van der Waals surface area contributed by atoms with Gasteiger partial charge in [-0.05, 0) is 42.3 Å². The molecular weight excluding hydrogens is 375 g/mol. The highest BCUT2D eigenvalue weighted by molar-refractivity contribution is 5.92. The fourth-order valence-electron chi connectivity index (χ4n) is 2.65. The van der Waals surface area contributed by atoms with E-state index in [1.165, 1.54) is 24.4 Å². The lowest BCUT2D eigenvalue weighted by Crippen LogP contribution is -2.26. The number of nitrogens with zero attached hydrogens (tertiary/aromatic N) is 2. The highest BCUT2D eigenvalue weighted by atomic mass is 19.1. The van der Waals surface area contributed by atoms with Crippen molar-refractivity contribution in [1.82, 2.24) is 15.3 Å². The number of methoxy groups -OCH3 is 2. The number of ether oxygens (including phenoxy) is 2. The van der Waals surface area contributed by atoms with Crippen LogP contribution in [0.15, 0.2) is 54.7 Å². The van der Waals surface area contributed by atoms with Gasteiger partial charge in [0.2, 0.25) is 5.95 Å². The summed E-state index contributed by atoms with van der Waals surface area (Å²) < 4.78 is 23.4. The van der Waals surface area contributed by atoms with Crippen molar-refractivity contribution >= 4 is 17.5 Å². The van der Waals surface area contributed by atoms with Crippen LogP contribution in [0.5, 0.6) is 11.5 Å². The van der Waals surface area contributed by atoms with Crippen LogP contribution in [0.2, 0.25) is 0 Å². The summed E-state index contributed by atoms with van der Waals surface area (Å²) in [7, 11) is 3.11. The summed E-state index contributed by atoms with van der Waals surface area (Å²) in [6, 6.07) is 13.0. The number of carbonyl (C=O) groups excluding carboxylic acids is 1. The second kappa shape index (κ2) is 9.50. The average molecular weight is 396 g/mol. The van der Waals surface area contributed by atoms with Crippen LogP contribution in [0.4, 0.5) is 16.0 Å². The van der Waals surface area contributed by atoms with Crippen LogP contribution in [-0.4, -0.2) is 36.6 Å². The fourth-order valence-corrected chi connectivity index (χ4v) is 2.65. The Hall–Kier alpha value is -3.68. The van der Waals surface area contributed by atoms with Gasteiger partial charge in [-0.1, -0.05) is 12.1 Å². The molecule has 150 valence electrons. The van der Waals surface area contributed by atoms with Crippen LogP contribution in [-0.2, 0) is 6.42 Å². The molecule has 0 fully saturated rings. The standard InChI is InChI=1S/C21H21FN4O3/c1-28-18-8-7-16(13-19(18)29-2)25-21-24-12-10-17(26-21)20(27)23-11-9-14-3-5-15(22)6-4-14/h3-8,10,12-13H,9,11H2,1-2H3,(H,23,27)(H,24,25,26). The van der Waals surface area contributed by atoms with Gasteiger partial charge in [-0.25, -0.2) is 14.4 Å². The molecule has 1 aromatic heterocycles. The first kappa shape index (κ1) is 20.1. The molecule has 0 aliphatic heterocycles. The van der Waals surface area contributed by atoms with Gasteiger partial charge in [0.25, 0.3) is 5.91 Å². The zero-order valence-electron chi connectivity index (χ0n) is 16.1. The first-order valence-corrected chi connectivity index (χ1v) is 8.94. The van der Waals surface area contributed by atoms with Crippen LogP contribution in [0.3, 0.4) is 0 Å². The minimum absolute atomic E-state index is 0.238. The zero-order valence-corrected chi connectivity index (χ0v) is 16.1. The molecule has 0 spiro atoms. The maximum Gasteiger partial charge on any atom is 0.270 e. The van der Waals surface area contributed by atoms with Gasteiger partial charge in [0.05, 0.1) is 14.2 Å². The first-order chi connectivity index (χ1) is 14.1. The van der Waals surface area contributed by atoms with Gasteiger partial charge >= 0.3 is 0 Å². The molecule has 0 saturated heterocycles. The SMILES string of the molecule is COc1ccc(Nc2nccc(C(=O)NCCc3ccc(F)cc3)n2)cc1OC. The van der Waals surface area contributed by atoms with E-state index in [4.69, 9.17) is 9.47 Å². The quantitative estimate of drug-likeness (QED) is 0.607. The second-order valence-electron chi connectivity index (χ2n) is 6.09. The lowest BCUT2D eigenvalue weighted by Gasteiger charge is -2.11. The van der Waals surface area contributed by atoms with Gasteiger partial charge in [-0.2, -0.15) is 0 Å². The van der Waals surface area contributed by atoms with E-state index in [0.717, 1.165) is 5.56 Å². The predicted molar refractivity (Wildman–Crippen MR) is 107 cm³/mol. The number of halogens is 1. The molecule has 3 aromatic rings. The Kier molecular flexibility index (Phi) is 6.57. The molecule has 2 N–H and O–H groups in total. The zero-order chi connectivity index (χ0) is 20.6. The third-order valence-electron chi connectivity index (χ3n) is 4.14. The monoisotopic (exact) mass is 396 g/mol. The number of hydrogen-bond acceptors (Lipinski definition) is 6. The van der Waals surface area contributed by atoms with Gasteiger partial charge in [-0.3, -0.25) is 4.79 Å². The van der Waals surface area contributed by atoms with E-state index in [0.29, 0.717) is 30.2 Å². The van der Waals surface area contributed by atoms with Crippen molar-refractivity contribution in [2.45, 2.75) is 6.42 Å². The van der Waals surface area contributed by atoms with E-state index in [9.17, 15) is 9.18 Å². The van der Waals surface area contributed by atoms with E-state index in [2.05, 4.69) is 20.6 Å². The van der Waals surface area contributed by atoms with Crippen molar-refractivity contribution < 1.29 is 18.7 Å². The molecule has 3 rings (SSSR count). The Balaban J connectivity index is 1.61. The van der Waals surface area contributed by atoms with Crippen LogP contribution in [0.1, 0.15) is 16.1 Å². The molecule has 7 nitrogen and oxygen atoms in total. The highest BCUT2D eigenvalue weighted by Crippen LogP contribution is 2.30. The summed E-state index contributed by atoms with van der Waals surface area (Å²) in [4.78, 5) is 20.7. The molecule has 0 aliphatic carbocycles. The Morgan fingerprint density at radius 3 is 2.52 bits per heavy atom. The molecule has 0 saturated carbocycles. The molecular formula is C21H21FN4O3. The topological polar surface area (TPSA) is 85.4 Å². The first-order valence-electron chi connectivity index (χ1n) is 8.94. The van der Waals surface area contributed by atoms with Crippen LogP contribution in [0, 0.1) is 5.82 Å². The molecule has 0 bridgehead atoms. The van der Waals surface area contributed by atoms with Gasteiger partial charge in [-0.15, -0.1) is 0 Å². The lowest BCUT2D eigenvalue weighted by atomic mass is 10.1. The third kappa shape index (κ3) is 5.41. The number of anilines is 2. The summed E-state index contributed by atoms with van der Waals surface area (Å²) in [5.41, 5.74) is 1.86. The van der Waals surface area contributed by atoms with Gasteiger partial charge in [0.15, 0.2) is 11.5 Å². The number of benzene rings is 2. The molecule has 29 heavy (non-hydrogen) atoms. The van der Waals surface area contributed by atoms with Crippen LogP contribution >= 0.6 is 0 Å². The number of aromatic nitrogens is 2. The van der Waals surface area contributed by atoms with Crippen molar-refractivity contribution in [1.29, 1.82) is 0 Å². The number of amides is 1. The van der Waals surface area contributed by atoms with Crippen molar-refractivity contribution in [2.24, 2.45) is 0 Å². The number of carbonyl (C=O) groups is 1. The van der Waals surface area contributed by atoms with Crippen LogP contribution < -0.4 is 20.1 Å². The van der Waals surface area contributed by atoms with Gasteiger partial charge in [0, 0.05) is 24.5 Å². The molecule has 8 heteroatoms. The summed E-state index contributed by atoms with van der Waals surface area (Å²) in [6.45, 7) is 0.410. The molecule has 0 atom stereocenters. The molecule has 0 unspecified atom stereocenters. The second-order valence-corrected chi connectivity index (χ2v) is 6.09. The van der Waals surface area contributed by atoms with E-state index >= 15 is 0 Å². The molecule has 2 aromatic carbocycles. The maximum atomic E-state index is 12.9. The minimum atomic E-state index is -0.315. The molecule has 0 radical (unpaired) electrons. The van der Waals surface area contributed by atoms with Crippen molar-refractivity contribution in [2.75, 3.05) is 26.1 Å². The Bertz CT molecular complexity index is 980. The van der Waals surface area contributed by atoms with Crippen LogP contribution in [0.25, 0.3) is 0 Å². The Morgan fingerprint density at radius 1 is 1.03 bits per heavy atom. The maximum absolute atomic E-state index is 12.9. The summed E-state index contributed by atoms with van der Waals surface area (Å²) in [6.07, 6.45) is 2.10. The number of rotatable bonds is 8. The van der Waals surface area contributed by atoms with E-state index in [1.54, 1.807) is 44.6 Å². The van der Waals surface area contributed by atoms with Crippen molar-refractivity contribution in [3.8, 4) is 11.5 Å². The fraction of sp³-hybridized carbons (Fsp3) is 0.190. The highest BCUT2D eigenvalue weighted by Gasteiger charge is 2.10. The van der Waals surface area contributed by atoms with Gasteiger partial charge in [0.1, 0.15) is 11.5 Å². The summed E-state index contributed by atoms with van der Waals surface area (Å²) in [5, 5.41) is 5.84. The molecule has 1 heterocycles. The predicted octanol–water partition coefficient (Wildman–Crippen LogP) is 3.35. The largest absolute Gasteiger partial charge is 0.493 e. The smallest absolute Gasteiger partial charge is 0.270 e. The van der Waals surface area contributed by atoms with E-state index in [-0.39, 0.29) is 23.4 Å². The Labute approximate surface area is 167 Å². The van der Waals surface area contributed by atoms with Crippen molar-refractivity contribution in [3.05, 3.63) is 71.8 Å². The minimum Gasteiger partial charge on any atom is -0.493 e. The number of nitrogens with one attached hydrogen (secondary N) is 2. The van der Waals surface area contributed by atoms with Gasteiger partial charge < -0.3 is 20.1 Å². The van der Waals surface area contributed by atoms with E-state index < -0.39 is 0 Å². The lowest BCUT2D eigenvalue weighted by molar-refractivity contribution is 0.0949. The Morgan fingerprint density at radius 2 is 1.79 bits per heavy atom. The number of hydrogen-bond donors (Lipinski definition) is 2. The summed E-state index contributed by atoms with van der Waals surface area (Å²) in [5.74, 6) is 0.849. The molecule has 0 aliphatic rings. The normalized spacial score (nSPS) is 10.3.